The first-order valence-corrected chi connectivity index (χ1v) is 19.7. The number of fused-ring (bicyclic) bond motifs is 1. The maximum absolute atomic E-state index is 13.8. The van der Waals surface area contributed by atoms with Gasteiger partial charge in [0.15, 0.2) is 0 Å². The predicted octanol–water partition coefficient (Wildman–Crippen LogP) is 3.60. The van der Waals surface area contributed by atoms with Crippen molar-refractivity contribution in [1.82, 2.24) is 19.8 Å². The number of amides is 3. The number of piperidine rings is 1. The molecule has 0 aliphatic carbocycles. The van der Waals surface area contributed by atoms with E-state index in [4.69, 9.17) is 9.47 Å². The molecule has 2 heterocycles. The second kappa shape index (κ2) is 16.9. The molecule has 3 N–H and O–H groups in total. The Bertz CT molecular complexity index is 1830. The van der Waals surface area contributed by atoms with Gasteiger partial charge in [-0.05, 0) is 78.9 Å². The van der Waals surface area contributed by atoms with Crippen LogP contribution in [0.25, 0.3) is 10.8 Å². The Labute approximate surface area is 317 Å². The van der Waals surface area contributed by atoms with Gasteiger partial charge < -0.3 is 34.6 Å². The predicted molar refractivity (Wildman–Crippen MR) is 202 cm³/mol. The van der Waals surface area contributed by atoms with Gasteiger partial charge >= 0.3 is 18.0 Å². The summed E-state index contributed by atoms with van der Waals surface area (Å²) in [6.45, 7) is 10.5. The van der Waals surface area contributed by atoms with E-state index in [1.807, 2.05) is 45.8 Å². The van der Waals surface area contributed by atoms with E-state index in [-0.39, 0.29) is 42.3 Å². The molecule has 15 nitrogen and oxygen atoms in total. The molecule has 16 heteroatoms. The van der Waals surface area contributed by atoms with Crippen LogP contribution in [0.4, 0.5) is 10.5 Å². The van der Waals surface area contributed by atoms with E-state index in [1.54, 1.807) is 49.9 Å². The number of hydrogen-bond donors (Lipinski definition) is 3. The number of carbonyl (C=O) groups excluding carboxylic acids is 4. The first kappa shape index (κ1) is 42.3. The van der Waals surface area contributed by atoms with Crippen molar-refractivity contribution in [2.45, 2.75) is 89.4 Å². The minimum absolute atomic E-state index is 0.0759. The molecule has 2 saturated heterocycles. The first-order chi connectivity index (χ1) is 25.1. The van der Waals surface area contributed by atoms with Gasteiger partial charge in [-0.15, -0.1) is 0 Å². The van der Waals surface area contributed by atoms with Crippen molar-refractivity contribution in [1.29, 1.82) is 0 Å². The number of aliphatic carboxylic acids is 1. The molecule has 2 fully saturated rings. The molecule has 2 aliphatic rings. The number of sulfonamides is 1. The lowest BCUT2D eigenvalue weighted by Gasteiger charge is -2.33. The van der Waals surface area contributed by atoms with Crippen LogP contribution >= 0.6 is 0 Å². The van der Waals surface area contributed by atoms with Crippen molar-refractivity contribution in [3.8, 4) is 0 Å². The third-order valence-corrected chi connectivity index (χ3v) is 11.0. The molecule has 3 atom stereocenters. The fraction of sp³-hybridized carbons (Fsp3) is 0.605. The molecule has 2 aliphatic heterocycles. The van der Waals surface area contributed by atoms with E-state index >= 15 is 0 Å². The quantitative estimate of drug-likeness (QED) is 0.267. The fourth-order valence-electron chi connectivity index (χ4n) is 6.76. The summed E-state index contributed by atoms with van der Waals surface area (Å²) in [6, 6.07) is 8.50. The Hall–Kier alpha value is -4.44. The van der Waals surface area contributed by atoms with Crippen LogP contribution in [0.1, 0.15) is 67.2 Å². The second-order valence-electron chi connectivity index (χ2n) is 16.3. The molecule has 0 aromatic heterocycles. The van der Waals surface area contributed by atoms with E-state index < -0.39 is 63.5 Å². The Morgan fingerprint density at radius 3 is 2.06 bits per heavy atom. The number of likely N-dealkylation sites (tertiary alicyclic amines) is 2. The van der Waals surface area contributed by atoms with E-state index in [9.17, 15) is 37.5 Å². The summed E-state index contributed by atoms with van der Waals surface area (Å²) in [5.74, 6) is -5.35. The van der Waals surface area contributed by atoms with Gasteiger partial charge in [0.05, 0.1) is 16.7 Å². The van der Waals surface area contributed by atoms with Crippen LogP contribution < -0.4 is 14.9 Å². The number of esters is 1. The smallest absolute Gasteiger partial charge is 0.410 e. The number of rotatable bonds is 12. The Kier molecular flexibility index (Phi) is 13.3. The minimum Gasteiger partial charge on any atom is -0.481 e. The summed E-state index contributed by atoms with van der Waals surface area (Å²) < 4.78 is 41.1. The standard InChI is InChI=1S/C38H55N5O10S/c1-37(2,3)52-35(48)29(40-54(50,51)31-14-10-11-25-26(31)12-9-13-30(25)41(7)8)21-39-33(45)27-22-43(23-28(27)34(46)47)32(44)16-15-24-17-19-42(20-18-24)36(49)53-38(4,5)6/h9-14,24,27-29,40H,15-23H2,1-8H3,(H,39,45)(H,46,47)/t27-,28-,29+/m1/s1. The summed E-state index contributed by atoms with van der Waals surface area (Å²) >= 11 is 0. The van der Waals surface area contributed by atoms with Crippen LogP contribution in [-0.2, 0) is 38.7 Å². The van der Waals surface area contributed by atoms with E-state index in [0.29, 0.717) is 43.1 Å². The summed E-state index contributed by atoms with van der Waals surface area (Å²) in [6.07, 6.45) is 1.75. The van der Waals surface area contributed by atoms with Crippen LogP contribution in [0.2, 0.25) is 0 Å². The molecule has 2 aromatic rings. The summed E-state index contributed by atoms with van der Waals surface area (Å²) in [5, 5.41) is 13.7. The van der Waals surface area contributed by atoms with Crippen molar-refractivity contribution in [2.75, 3.05) is 51.7 Å². The highest BCUT2D eigenvalue weighted by Crippen LogP contribution is 2.31. The molecule has 54 heavy (non-hydrogen) atoms. The van der Waals surface area contributed by atoms with Crippen LogP contribution in [0, 0.1) is 17.8 Å². The maximum Gasteiger partial charge on any atom is 0.410 e. The van der Waals surface area contributed by atoms with E-state index in [1.165, 1.54) is 11.0 Å². The van der Waals surface area contributed by atoms with Crippen molar-refractivity contribution in [2.24, 2.45) is 17.8 Å². The molecular formula is C38H55N5O10S. The minimum atomic E-state index is -4.36. The van der Waals surface area contributed by atoms with Crippen LogP contribution in [0.5, 0.6) is 0 Å². The topological polar surface area (TPSA) is 192 Å². The highest BCUT2D eigenvalue weighted by molar-refractivity contribution is 7.89. The number of hydrogen-bond acceptors (Lipinski definition) is 10. The zero-order chi connectivity index (χ0) is 40.2. The second-order valence-corrected chi connectivity index (χ2v) is 18.0. The number of carbonyl (C=O) groups is 5. The third-order valence-electron chi connectivity index (χ3n) is 9.46. The van der Waals surface area contributed by atoms with Gasteiger partial charge in [0.25, 0.3) is 0 Å². The molecule has 0 radical (unpaired) electrons. The number of benzene rings is 2. The molecule has 0 spiro atoms. The fourth-order valence-corrected chi connectivity index (χ4v) is 8.17. The zero-order valence-corrected chi connectivity index (χ0v) is 33.3. The van der Waals surface area contributed by atoms with Crippen molar-refractivity contribution < 1.29 is 47.0 Å². The highest BCUT2D eigenvalue weighted by atomic mass is 32.2. The van der Waals surface area contributed by atoms with E-state index in [2.05, 4.69) is 10.0 Å². The largest absolute Gasteiger partial charge is 0.481 e. The number of carboxylic acid groups (broad SMARTS) is 1. The lowest BCUT2D eigenvalue weighted by atomic mass is 9.92. The van der Waals surface area contributed by atoms with Crippen LogP contribution in [0.15, 0.2) is 41.3 Å². The van der Waals surface area contributed by atoms with Crippen molar-refractivity contribution >= 4 is 56.3 Å². The van der Waals surface area contributed by atoms with Gasteiger partial charge in [0, 0.05) is 69.7 Å². The van der Waals surface area contributed by atoms with Gasteiger partial charge in [-0.25, -0.2) is 13.2 Å². The van der Waals surface area contributed by atoms with Gasteiger partial charge in [0.2, 0.25) is 21.8 Å². The molecule has 3 amide bonds. The summed E-state index contributed by atoms with van der Waals surface area (Å²) in [5.41, 5.74) is -0.788. The average Bonchev–Trinajstić information content (AvgIpc) is 3.53. The molecular weight excluding hydrogens is 719 g/mol. The first-order valence-electron chi connectivity index (χ1n) is 18.3. The lowest BCUT2D eigenvalue weighted by Crippen LogP contribution is -2.51. The third kappa shape index (κ3) is 11.1. The normalized spacial score (nSPS) is 19.0. The van der Waals surface area contributed by atoms with Crippen LogP contribution in [-0.4, -0.2) is 117 Å². The molecule has 298 valence electrons. The Balaban J connectivity index is 1.41. The average molecular weight is 774 g/mol. The highest BCUT2D eigenvalue weighted by Gasteiger charge is 2.44. The molecule has 0 unspecified atom stereocenters. The monoisotopic (exact) mass is 773 g/mol. The van der Waals surface area contributed by atoms with Gasteiger partial charge in [-0.1, -0.05) is 24.3 Å². The maximum atomic E-state index is 13.8. The number of anilines is 1. The van der Waals surface area contributed by atoms with Gasteiger partial charge in [-0.3, -0.25) is 19.2 Å². The van der Waals surface area contributed by atoms with Crippen LogP contribution in [0.3, 0.4) is 0 Å². The van der Waals surface area contributed by atoms with E-state index in [0.717, 1.165) is 5.69 Å². The number of carboxylic acids is 1. The molecule has 0 saturated carbocycles. The molecule has 4 rings (SSSR count). The van der Waals surface area contributed by atoms with Crippen molar-refractivity contribution in [3.05, 3.63) is 36.4 Å². The van der Waals surface area contributed by atoms with Gasteiger partial charge in [0.1, 0.15) is 17.2 Å². The van der Waals surface area contributed by atoms with Crippen molar-refractivity contribution in [3.63, 3.8) is 0 Å². The SMILES string of the molecule is CN(C)c1cccc2c(S(=O)(=O)N[C@@H](CNC(=O)[C@@H]3CN(C(=O)CCC4CCN(C(=O)OC(C)(C)C)CC4)C[C@H]3C(=O)O)C(=O)OC(C)(C)C)cccc12. The number of ether oxygens (including phenoxy) is 2. The Morgan fingerprint density at radius 1 is 0.870 bits per heavy atom. The number of nitrogens with zero attached hydrogens (tertiary/aromatic N) is 3. The summed E-state index contributed by atoms with van der Waals surface area (Å²) in [7, 11) is -0.688. The Morgan fingerprint density at radius 2 is 1.46 bits per heavy atom. The molecule has 0 bridgehead atoms. The van der Waals surface area contributed by atoms with Gasteiger partial charge in [-0.2, -0.15) is 4.72 Å². The molecule has 2 aromatic carbocycles. The summed E-state index contributed by atoms with van der Waals surface area (Å²) in [4.78, 5) is 69.6. The zero-order valence-electron chi connectivity index (χ0n) is 32.5. The number of nitrogens with one attached hydrogen (secondary N) is 2. The lowest BCUT2D eigenvalue weighted by molar-refractivity contribution is -0.157.